The molecule has 0 saturated carbocycles. The summed E-state index contributed by atoms with van der Waals surface area (Å²) < 4.78 is 0. The molecule has 1 saturated heterocycles. The van der Waals surface area contributed by atoms with Gasteiger partial charge in [-0.05, 0) is 31.8 Å². The Bertz CT molecular complexity index is 56.0. The second kappa shape index (κ2) is 13.5. The summed E-state index contributed by atoms with van der Waals surface area (Å²) in [6.45, 7) is 13.0. The largest absolute Gasteiger partial charge is 0.316 e. The third-order valence-corrected chi connectivity index (χ3v) is 1.54. The van der Waals surface area contributed by atoms with Crippen LogP contribution in [0, 0.1) is 5.92 Å². The van der Waals surface area contributed by atoms with Gasteiger partial charge in [0.2, 0.25) is 0 Å². The van der Waals surface area contributed by atoms with E-state index in [1.54, 1.807) is 0 Å². The van der Waals surface area contributed by atoms with Crippen molar-refractivity contribution in [1.82, 2.24) is 5.32 Å². The van der Waals surface area contributed by atoms with E-state index < -0.39 is 0 Å². The van der Waals surface area contributed by atoms with E-state index in [2.05, 4.69) is 26.1 Å². The maximum atomic E-state index is 3.33. The lowest BCUT2D eigenvalue weighted by Gasteiger charge is -2.17. The smallest absolute Gasteiger partial charge is 0.00231 e. The fourth-order valence-corrected chi connectivity index (χ4v) is 1.03. The van der Waals surface area contributed by atoms with Crippen LogP contribution in [-0.2, 0) is 0 Å². The Morgan fingerprint density at radius 2 is 1.75 bits per heavy atom. The standard InChI is InChI=1S/C6H13N.C3H8.C2H6/c1-6-3-2-4-7-5-6;1-3-2;1-2/h6-7H,2-5H2,1H3;3H2,1-2H3;1-2H3. The van der Waals surface area contributed by atoms with Crippen LogP contribution in [0.25, 0.3) is 0 Å². The summed E-state index contributed by atoms with van der Waals surface area (Å²) in [5, 5.41) is 3.33. The van der Waals surface area contributed by atoms with Crippen molar-refractivity contribution in [1.29, 1.82) is 0 Å². The van der Waals surface area contributed by atoms with E-state index in [-0.39, 0.29) is 0 Å². The molecule has 1 heteroatoms. The van der Waals surface area contributed by atoms with Gasteiger partial charge < -0.3 is 5.32 Å². The molecule has 1 N–H and O–H groups in total. The molecule has 1 nitrogen and oxygen atoms in total. The maximum absolute atomic E-state index is 3.33. The predicted octanol–water partition coefficient (Wildman–Crippen LogP) is 3.45. The number of piperidine rings is 1. The molecule has 1 aliphatic heterocycles. The molecular weight excluding hydrogens is 146 g/mol. The SMILES string of the molecule is CC.CC1CCCNC1.CCC. The van der Waals surface area contributed by atoms with Crippen molar-refractivity contribution in [2.24, 2.45) is 5.92 Å². The highest BCUT2D eigenvalue weighted by Gasteiger charge is 2.04. The normalized spacial score (nSPS) is 21.2. The highest BCUT2D eigenvalue weighted by atomic mass is 14.9. The van der Waals surface area contributed by atoms with E-state index in [4.69, 9.17) is 0 Å². The van der Waals surface area contributed by atoms with Crippen molar-refractivity contribution in [2.45, 2.75) is 53.9 Å². The minimum absolute atomic E-state index is 0.925. The van der Waals surface area contributed by atoms with Crippen LogP contribution in [0.2, 0.25) is 0 Å². The minimum Gasteiger partial charge on any atom is -0.316 e. The molecule has 1 unspecified atom stereocenters. The molecule has 0 aromatic carbocycles. The number of hydrogen-bond donors (Lipinski definition) is 1. The van der Waals surface area contributed by atoms with Gasteiger partial charge in [-0.2, -0.15) is 0 Å². The summed E-state index contributed by atoms with van der Waals surface area (Å²) in [5.74, 6) is 0.925. The fourth-order valence-electron chi connectivity index (χ4n) is 1.03. The van der Waals surface area contributed by atoms with Crippen LogP contribution in [0.5, 0.6) is 0 Å². The lowest BCUT2D eigenvalue weighted by molar-refractivity contribution is 0.405. The van der Waals surface area contributed by atoms with Gasteiger partial charge >= 0.3 is 0 Å². The second-order valence-corrected chi connectivity index (χ2v) is 3.16. The summed E-state index contributed by atoms with van der Waals surface area (Å²) in [6, 6.07) is 0. The average molecular weight is 173 g/mol. The molecule has 0 aromatic heterocycles. The molecule has 0 bridgehead atoms. The quantitative estimate of drug-likeness (QED) is 0.591. The lowest BCUT2D eigenvalue weighted by atomic mass is 10.0. The van der Waals surface area contributed by atoms with Gasteiger partial charge in [-0.25, -0.2) is 0 Å². The molecule has 0 radical (unpaired) electrons. The van der Waals surface area contributed by atoms with Crippen molar-refractivity contribution >= 4 is 0 Å². The first-order valence-electron chi connectivity index (χ1n) is 5.52. The molecule has 1 aliphatic rings. The van der Waals surface area contributed by atoms with Crippen LogP contribution >= 0.6 is 0 Å². The van der Waals surface area contributed by atoms with Crippen molar-refractivity contribution in [3.05, 3.63) is 0 Å². The molecule has 0 aliphatic carbocycles. The van der Waals surface area contributed by atoms with Crippen LogP contribution in [0.4, 0.5) is 0 Å². The van der Waals surface area contributed by atoms with Crippen LogP contribution in [0.15, 0.2) is 0 Å². The van der Waals surface area contributed by atoms with Crippen LogP contribution < -0.4 is 5.32 Å². The summed E-state index contributed by atoms with van der Waals surface area (Å²) in [7, 11) is 0. The van der Waals surface area contributed by atoms with Gasteiger partial charge in [-0.15, -0.1) is 0 Å². The zero-order valence-electron chi connectivity index (χ0n) is 9.61. The minimum atomic E-state index is 0.925. The first-order chi connectivity index (χ1) is 5.81. The third kappa shape index (κ3) is 12.6. The zero-order chi connectivity index (χ0) is 9.82. The second-order valence-electron chi connectivity index (χ2n) is 3.16. The van der Waals surface area contributed by atoms with E-state index >= 15 is 0 Å². The molecule has 76 valence electrons. The molecule has 0 aromatic rings. The van der Waals surface area contributed by atoms with Crippen molar-refractivity contribution in [3.63, 3.8) is 0 Å². The Kier molecular flexibility index (Phi) is 16.3. The lowest BCUT2D eigenvalue weighted by Crippen LogP contribution is -2.27. The van der Waals surface area contributed by atoms with Crippen LogP contribution in [0.1, 0.15) is 53.9 Å². The Hall–Kier alpha value is -0.0400. The number of hydrogen-bond acceptors (Lipinski definition) is 1. The molecule has 0 spiro atoms. The Labute approximate surface area is 78.9 Å². The molecule has 1 fully saturated rings. The van der Waals surface area contributed by atoms with Gasteiger partial charge in [0.15, 0.2) is 0 Å². The van der Waals surface area contributed by atoms with Crippen molar-refractivity contribution in [3.8, 4) is 0 Å². The fraction of sp³-hybridized carbons (Fsp3) is 1.00. The van der Waals surface area contributed by atoms with E-state index in [9.17, 15) is 0 Å². The first kappa shape index (κ1) is 14.5. The van der Waals surface area contributed by atoms with E-state index in [0.29, 0.717) is 0 Å². The summed E-state index contributed by atoms with van der Waals surface area (Å²) in [4.78, 5) is 0. The van der Waals surface area contributed by atoms with Gasteiger partial charge in [-0.1, -0.05) is 41.0 Å². The van der Waals surface area contributed by atoms with Gasteiger partial charge in [0.25, 0.3) is 0 Å². The van der Waals surface area contributed by atoms with E-state index in [1.807, 2.05) is 13.8 Å². The number of nitrogens with one attached hydrogen (secondary N) is 1. The van der Waals surface area contributed by atoms with E-state index in [0.717, 1.165) is 5.92 Å². The molecule has 1 atom stereocenters. The van der Waals surface area contributed by atoms with Gasteiger partial charge in [0, 0.05) is 0 Å². The highest BCUT2D eigenvalue weighted by Crippen LogP contribution is 2.06. The maximum Gasteiger partial charge on any atom is -0.00231 e. The van der Waals surface area contributed by atoms with Crippen molar-refractivity contribution in [2.75, 3.05) is 13.1 Å². The molecule has 0 amide bonds. The topological polar surface area (TPSA) is 12.0 Å². The molecule has 1 heterocycles. The zero-order valence-corrected chi connectivity index (χ0v) is 9.61. The molecule has 12 heavy (non-hydrogen) atoms. The Morgan fingerprint density at radius 1 is 1.25 bits per heavy atom. The number of rotatable bonds is 0. The Morgan fingerprint density at radius 3 is 1.92 bits per heavy atom. The van der Waals surface area contributed by atoms with Crippen LogP contribution in [0.3, 0.4) is 0 Å². The monoisotopic (exact) mass is 173 g/mol. The van der Waals surface area contributed by atoms with Crippen LogP contribution in [-0.4, -0.2) is 13.1 Å². The molecular formula is C11H27N. The molecule has 1 rings (SSSR count). The highest BCUT2D eigenvalue weighted by molar-refractivity contribution is 4.63. The van der Waals surface area contributed by atoms with Gasteiger partial charge in [-0.3, -0.25) is 0 Å². The van der Waals surface area contributed by atoms with Crippen molar-refractivity contribution < 1.29 is 0 Å². The average Bonchev–Trinajstić information content (AvgIpc) is 2.11. The summed E-state index contributed by atoms with van der Waals surface area (Å²) >= 11 is 0. The van der Waals surface area contributed by atoms with Gasteiger partial charge in [0.05, 0.1) is 0 Å². The van der Waals surface area contributed by atoms with Gasteiger partial charge in [0.1, 0.15) is 0 Å². The van der Waals surface area contributed by atoms with E-state index in [1.165, 1.54) is 32.4 Å². The summed E-state index contributed by atoms with van der Waals surface area (Å²) in [5.41, 5.74) is 0. The first-order valence-corrected chi connectivity index (χ1v) is 5.52. The Balaban J connectivity index is 0. The third-order valence-electron chi connectivity index (χ3n) is 1.54. The predicted molar refractivity (Wildman–Crippen MR) is 58.6 cm³/mol. The summed E-state index contributed by atoms with van der Waals surface area (Å²) in [6.07, 6.45) is 4.05.